The van der Waals surface area contributed by atoms with E-state index in [4.69, 9.17) is 0 Å². The van der Waals surface area contributed by atoms with Crippen LogP contribution in [-0.2, 0) is 5.41 Å². The molecule has 0 N–H and O–H groups in total. The van der Waals surface area contributed by atoms with Gasteiger partial charge in [-0.2, -0.15) is 0 Å². The van der Waals surface area contributed by atoms with Crippen LogP contribution in [0.1, 0.15) is 45.7 Å². The largest absolute Gasteiger partial charge is 0.341 e. The summed E-state index contributed by atoms with van der Waals surface area (Å²) in [5.74, 6) is 0. The average molecular weight is 317 g/mol. The molecule has 0 aliphatic carbocycles. The van der Waals surface area contributed by atoms with E-state index in [0.717, 1.165) is 0 Å². The van der Waals surface area contributed by atoms with Gasteiger partial charge in [0.25, 0.3) is 0 Å². The smallest absolute Gasteiger partial charge is 0.0711 e. The molecule has 0 fully saturated rings. The zero-order chi connectivity index (χ0) is 17.5. The van der Waals surface area contributed by atoms with Crippen LogP contribution in [0.2, 0.25) is 0 Å². The fourth-order valence-electron chi connectivity index (χ4n) is 3.62. The van der Waals surface area contributed by atoms with Gasteiger partial charge in [-0.05, 0) is 36.5 Å². The Balaban J connectivity index is 2.30. The molecule has 1 heteroatoms. The molecular weight excluding hydrogens is 290 g/mol. The van der Waals surface area contributed by atoms with E-state index in [9.17, 15) is 0 Å². The van der Waals surface area contributed by atoms with Crippen molar-refractivity contribution >= 4 is 11.3 Å². The first-order valence-electron chi connectivity index (χ1n) is 8.63. The summed E-state index contributed by atoms with van der Waals surface area (Å²) in [4.78, 5) is 2.30. The maximum Gasteiger partial charge on any atom is 0.0711 e. The van der Waals surface area contributed by atoms with Gasteiger partial charge in [0.15, 0.2) is 0 Å². The molecule has 0 amide bonds. The van der Waals surface area contributed by atoms with E-state index in [1.807, 2.05) is 0 Å². The molecule has 1 heterocycles. The average Bonchev–Trinajstić information content (AvgIpc) is 2.72. The van der Waals surface area contributed by atoms with Gasteiger partial charge in [-0.3, -0.25) is 0 Å². The number of anilines is 1. The van der Waals surface area contributed by atoms with Crippen LogP contribution in [0.15, 0.2) is 66.0 Å². The Kier molecular flexibility index (Phi) is 3.94. The van der Waals surface area contributed by atoms with E-state index in [-0.39, 0.29) is 10.8 Å². The highest BCUT2D eigenvalue weighted by Gasteiger charge is 2.38. The van der Waals surface area contributed by atoms with Gasteiger partial charge in [0.05, 0.1) is 5.70 Å². The van der Waals surface area contributed by atoms with E-state index in [1.165, 1.54) is 28.1 Å². The molecular formula is C23H27N. The van der Waals surface area contributed by atoms with Crippen molar-refractivity contribution in [2.45, 2.75) is 40.0 Å². The van der Waals surface area contributed by atoms with Crippen molar-refractivity contribution in [3.8, 4) is 0 Å². The Labute approximate surface area is 146 Å². The first-order valence-corrected chi connectivity index (χ1v) is 8.63. The van der Waals surface area contributed by atoms with Crippen molar-refractivity contribution in [2.75, 3.05) is 11.9 Å². The summed E-state index contributed by atoms with van der Waals surface area (Å²) in [5, 5.41) is 0. The van der Waals surface area contributed by atoms with Gasteiger partial charge in [0.2, 0.25) is 0 Å². The molecule has 3 rings (SSSR count). The Hall–Kier alpha value is -2.24. The standard InChI is InChI=1S/C23H27N/c1-22(2,3)19(17-12-8-7-9-13-17)16-21-23(4,5)18-14-10-11-15-20(18)24(21)6/h7-15H,1-6H3. The maximum atomic E-state index is 3.82. The molecule has 24 heavy (non-hydrogen) atoms. The van der Waals surface area contributed by atoms with Crippen molar-refractivity contribution in [3.05, 3.63) is 77.2 Å². The fourth-order valence-corrected chi connectivity index (χ4v) is 3.62. The number of rotatable bonds is 1. The van der Waals surface area contributed by atoms with Crippen LogP contribution in [0.3, 0.4) is 0 Å². The van der Waals surface area contributed by atoms with Crippen LogP contribution in [0.25, 0.3) is 5.57 Å². The fraction of sp³-hybridized carbons (Fsp3) is 0.348. The number of benzene rings is 2. The van der Waals surface area contributed by atoms with Gasteiger partial charge < -0.3 is 4.90 Å². The van der Waals surface area contributed by atoms with Crippen molar-refractivity contribution in [3.63, 3.8) is 0 Å². The number of likely N-dealkylation sites (N-methyl/N-ethyl adjacent to an activating group) is 1. The number of fused-ring (bicyclic) bond motifs is 1. The Morgan fingerprint density at radius 3 is 2.08 bits per heavy atom. The molecule has 2 aromatic carbocycles. The molecule has 0 aromatic heterocycles. The molecule has 0 spiro atoms. The van der Waals surface area contributed by atoms with E-state index < -0.39 is 0 Å². The molecule has 0 atom stereocenters. The van der Waals surface area contributed by atoms with Gasteiger partial charge >= 0.3 is 0 Å². The number of nitrogens with zero attached hydrogens (tertiary/aromatic N) is 1. The molecule has 1 aliphatic rings. The molecule has 0 radical (unpaired) electrons. The lowest BCUT2D eigenvalue weighted by Crippen LogP contribution is -2.22. The Morgan fingerprint density at radius 2 is 1.50 bits per heavy atom. The minimum absolute atomic E-state index is 0.0278. The van der Waals surface area contributed by atoms with Crippen LogP contribution in [-0.4, -0.2) is 7.05 Å². The lowest BCUT2D eigenvalue weighted by Gasteiger charge is -2.26. The van der Waals surface area contributed by atoms with Crippen LogP contribution >= 0.6 is 0 Å². The highest BCUT2D eigenvalue weighted by molar-refractivity contribution is 5.74. The summed E-state index contributed by atoms with van der Waals surface area (Å²) in [7, 11) is 2.15. The number of hydrogen-bond donors (Lipinski definition) is 0. The number of allylic oxidation sites excluding steroid dienone is 1. The number of hydrogen-bond acceptors (Lipinski definition) is 1. The van der Waals surface area contributed by atoms with Gasteiger partial charge in [-0.15, -0.1) is 0 Å². The third-order valence-corrected chi connectivity index (χ3v) is 4.92. The molecule has 124 valence electrons. The van der Waals surface area contributed by atoms with Crippen molar-refractivity contribution in [2.24, 2.45) is 5.41 Å². The molecule has 0 bridgehead atoms. The monoisotopic (exact) mass is 317 g/mol. The maximum absolute atomic E-state index is 3.82. The third-order valence-electron chi connectivity index (χ3n) is 4.92. The van der Waals surface area contributed by atoms with Crippen molar-refractivity contribution < 1.29 is 0 Å². The minimum Gasteiger partial charge on any atom is -0.341 e. The van der Waals surface area contributed by atoms with E-state index >= 15 is 0 Å². The first kappa shape index (κ1) is 16.6. The molecule has 0 saturated heterocycles. The summed E-state index contributed by atoms with van der Waals surface area (Å²) < 4.78 is 0. The highest BCUT2D eigenvalue weighted by atomic mass is 15.2. The summed E-state index contributed by atoms with van der Waals surface area (Å²) in [6.07, 6.45) is 0. The Morgan fingerprint density at radius 1 is 0.917 bits per heavy atom. The predicted molar refractivity (Wildman–Crippen MR) is 104 cm³/mol. The normalized spacial score (nSPS) is 15.9. The van der Waals surface area contributed by atoms with Crippen molar-refractivity contribution in [1.29, 1.82) is 0 Å². The number of para-hydroxylation sites is 1. The molecule has 1 aliphatic heterocycles. The minimum atomic E-state index is -0.0450. The summed E-state index contributed by atoms with van der Waals surface area (Å²) in [6.45, 7) is 11.4. The summed E-state index contributed by atoms with van der Waals surface area (Å²) in [5.41, 5.74) is 10.2. The van der Waals surface area contributed by atoms with Gasteiger partial charge in [-0.25, -0.2) is 0 Å². The molecule has 0 unspecified atom stereocenters. The summed E-state index contributed by atoms with van der Waals surface area (Å²) in [6, 6.07) is 19.3. The predicted octanol–water partition coefficient (Wildman–Crippen LogP) is 6.03. The molecule has 2 aromatic rings. The second kappa shape index (κ2) is 5.69. The van der Waals surface area contributed by atoms with Crippen LogP contribution in [0, 0.1) is 5.41 Å². The Bertz CT molecular complexity index is 813. The van der Waals surface area contributed by atoms with Crippen LogP contribution in [0.4, 0.5) is 5.69 Å². The lowest BCUT2D eigenvalue weighted by molar-refractivity contribution is 0.565. The quantitative estimate of drug-likeness (QED) is 0.581. The van der Waals surface area contributed by atoms with Crippen LogP contribution < -0.4 is 4.90 Å². The van der Waals surface area contributed by atoms with Gasteiger partial charge in [0, 0.05) is 23.7 Å². The van der Waals surface area contributed by atoms with E-state index in [2.05, 4.69) is 107 Å². The first-order chi connectivity index (χ1) is 11.2. The van der Waals surface area contributed by atoms with Crippen molar-refractivity contribution in [1.82, 2.24) is 0 Å². The third kappa shape index (κ3) is 2.70. The SMILES string of the molecule is CN1C(=C=C(c2ccccc2)C(C)(C)C)C(C)(C)c2ccccc21. The zero-order valence-corrected chi connectivity index (χ0v) is 15.6. The van der Waals surface area contributed by atoms with Gasteiger partial charge in [0.1, 0.15) is 0 Å². The zero-order valence-electron chi connectivity index (χ0n) is 15.6. The summed E-state index contributed by atoms with van der Waals surface area (Å²) >= 11 is 0. The molecule has 0 saturated carbocycles. The van der Waals surface area contributed by atoms with Crippen LogP contribution in [0.5, 0.6) is 0 Å². The topological polar surface area (TPSA) is 3.24 Å². The highest BCUT2D eigenvalue weighted by Crippen LogP contribution is 2.47. The second-order valence-corrected chi connectivity index (χ2v) is 8.17. The second-order valence-electron chi connectivity index (χ2n) is 8.17. The van der Waals surface area contributed by atoms with E-state index in [0.29, 0.717) is 0 Å². The molecule has 1 nitrogen and oxygen atoms in total. The lowest BCUT2D eigenvalue weighted by atomic mass is 9.80. The van der Waals surface area contributed by atoms with Gasteiger partial charge in [-0.1, -0.05) is 75.0 Å². The van der Waals surface area contributed by atoms with E-state index in [1.54, 1.807) is 0 Å².